The summed E-state index contributed by atoms with van der Waals surface area (Å²) in [4.78, 5) is 9.09. The van der Waals surface area contributed by atoms with E-state index in [9.17, 15) is 0 Å². The van der Waals surface area contributed by atoms with Gasteiger partial charge in [-0.3, -0.25) is 0 Å². The Balaban J connectivity index is 2.11. The topological polar surface area (TPSA) is 25.8 Å². The third-order valence-electron chi connectivity index (χ3n) is 3.53. The Bertz CT molecular complexity index is 603. The van der Waals surface area contributed by atoms with Gasteiger partial charge in [-0.2, -0.15) is 0 Å². The molecule has 1 saturated carbocycles. The van der Waals surface area contributed by atoms with Crippen LogP contribution < -0.4 is 0 Å². The molecule has 1 aromatic carbocycles. The van der Waals surface area contributed by atoms with Crippen molar-refractivity contribution in [3.8, 4) is 11.4 Å². The quantitative estimate of drug-likeness (QED) is 0.750. The first kappa shape index (κ1) is 12.6. The average molecular weight is 273 g/mol. The van der Waals surface area contributed by atoms with Gasteiger partial charge in [0.15, 0.2) is 5.82 Å². The highest BCUT2D eigenvalue weighted by Gasteiger charge is 2.27. The molecule has 2 aromatic rings. The summed E-state index contributed by atoms with van der Waals surface area (Å²) in [7, 11) is 0. The summed E-state index contributed by atoms with van der Waals surface area (Å²) in [5.41, 5.74) is 3.49. The minimum absolute atomic E-state index is 0.354. The third kappa shape index (κ3) is 2.64. The molecule has 0 aliphatic heterocycles. The summed E-state index contributed by atoms with van der Waals surface area (Å²) < 4.78 is 0. The Hall–Kier alpha value is -1.41. The van der Waals surface area contributed by atoms with Crippen molar-refractivity contribution < 1.29 is 0 Å². The summed E-state index contributed by atoms with van der Waals surface area (Å²) in [6.45, 7) is 4.24. The van der Waals surface area contributed by atoms with Gasteiger partial charge in [0.25, 0.3) is 0 Å². The van der Waals surface area contributed by atoms with Crippen LogP contribution in [0.4, 0.5) is 0 Å². The van der Waals surface area contributed by atoms with E-state index in [4.69, 9.17) is 11.6 Å². The van der Waals surface area contributed by atoms with E-state index in [1.54, 1.807) is 0 Å². The van der Waals surface area contributed by atoms with Gasteiger partial charge in [-0.05, 0) is 36.3 Å². The van der Waals surface area contributed by atoms with Crippen molar-refractivity contribution in [1.82, 2.24) is 9.97 Å². The molecule has 0 saturated heterocycles. The Morgan fingerprint density at radius 1 is 1.16 bits per heavy atom. The Kier molecular flexibility index (Phi) is 3.28. The first-order valence-corrected chi connectivity index (χ1v) is 7.16. The molecule has 1 aromatic heterocycles. The van der Waals surface area contributed by atoms with Gasteiger partial charge in [-0.15, -0.1) is 0 Å². The molecule has 2 nitrogen and oxygen atoms in total. The van der Waals surface area contributed by atoms with E-state index >= 15 is 0 Å². The van der Waals surface area contributed by atoms with E-state index in [0.29, 0.717) is 17.0 Å². The third-order valence-corrected chi connectivity index (χ3v) is 3.72. The molecule has 3 heteroatoms. The first-order chi connectivity index (χ1) is 9.15. The fraction of sp³-hybridized carbons (Fsp3) is 0.375. The Morgan fingerprint density at radius 3 is 2.58 bits per heavy atom. The van der Waals surface area contributed by atoms with Crippen LogP contribution in [0.25, 0.3) is 11.4 Å². The molecule has 0 unspecified atom stereocenters. The van der Waals surface area contributed by atoms with Gasteiger partial charge in [0, 0.05) is 11.3 Å². The largest absolute Gasteiger partial charge is 0.233 e. The molecule has 0 N–H and O–H groups in total. The molecule has 0 bridgehead atoms. The molecule has 1 fully saturated rings. The highest BCUT2D eigenvalue weighted by molar-refractivity contribution is 6.29. The lowest BCUT2D eigenvalue weighted by molar-refractivity contribution is 0.816. The van der Waals surface area contributed by atoms with E-state index in [0.717, 1.165) is 17.1 Å². The summed E-state index contributed by atoms with van der Waals surface area (Å²) in [6, 6.07) is 10.3. The molecule has 0 amide bonds. The maximum absolute atomic E-state index is 6.14. The molecule has 0 atom stereocenters. The van der Waals surface area contributed by atoms with E-state index in [1.165, 1.54) is 18.4 Å². The van der Waals surface area contributed by atoms with E-state index < -0.39 is 0 Å². The second kappa shape index (κ2) is 4.93. The Labute approximate surface area is 118 Å². The van der Waals surface area contributed by atoms with Gasteiger partial charge >= 0.3 is 0 Å². The molecular formula is C16H17ClN2. The van der Waals surface area contributed by atoms with Crippen LogP contribution in [-0.4, -0.2) is 9.97 Å². The van der Waals surface area contributed by atoms with Gasteiger partial charge in [0.05, 0.1) is 0 Å². The molecule has 0 radical (unpaired) electrons. The van der Waals surface area contributed by atoms with Gasteiger partial charge in [0.2, 0.25) is 0 Å². The van der Waals surface area contributed by atoms with Crippen LogP contribution >= 0.6 is 11.6 Å². The molecule has 1 aliphatic carbocycles. The lowest BCUT2D eigenvalue weighted by Gasteiger charge is -2.11. The van der Waals surface area contributed by atoms with Crippen molar-refractivity contribution >= 4 is 11.6 Å². The molecule has 19 heavy (non-hydrogen) atoms. The summed E-state index contributed by atoms with van der Waals surface area (Å²) >= 11 is 6.14. The van der Waals surface area contributed by atoms with Crippen LogP contribution in [0.3, 0.4) is 0 Å². The Morgan fingerprint density at radius 2 is 1.89 bits per heavy atom. The second-order valence-electron chi connectivity index (χ2n) is 5.46. The van der Waals surface area contributed by atoms with Crippen molar-refractivity contribution in [2.45, 2.75) is 38.5 Å². The smallest absolute Gasteiger partial charge is 0.161 e. The SMILES string of the molecule is CC(C)c1cc(Cl)nc(-c2ccccc2C2CC2)n1. The van der Waals surface area contributed by atoms with Crippen LogP contribution in [-0.2, 0) is 0 Å². The fourth-order valence-corrected chi connectivity index (χ4v) is 2.49. The second-order valence-corrected chi connectivity index (χ2v) is 5.84. The number of halogens is 1. The van der Waals surface area contributed by atoms with Crippen LogP contribution in [0.15, 0.2) is 30.3 Å². The summed E-state index contributed by atoms with van der Waals surface area (Å²) in [6.07, 6.45) is 2.54. The minimum atomic E-state index is 0.354. The predicted octanol–water partition coefficient (Wildman–Crippen LogP) is 4.80. The predicted molar refractivity (Wildman–Crippen MR) is 78.5 cm³/mol. The number of hydrogen-bond acceptors (Lipinski definition) is 2. The highest BCUT2D eigenvalue weighted by atomic mass is 35.5. The molecule has 98 valence electrons. The number of aromatic nitrogens is 2. The van der Waals surface area contributed by atoms with Crippen molar-refractivity contribution in [1.29, 1.82) is 0 Å². The fourth-order valence-electron chi connectivity index (χ4n) is 2.30. The zero-order valence-electron chi connectivity index (χ0n) is 11.2. The van der Waals surface area contributed by atoms with Gasteiger partial charge in [0.1, 0.15) is 5.15 Å². The van der Waals surface area contributed by atoms with Gasteiger partial charge < -0.3 is 0 Å². The van der Waals surface area contributed by atoms with Gasteiger partial charge in [-0.25, -0.2) is 9.97 Å². The van der Waals surface area contributed by atoms with Crippen molar-refractivity contribution in [2.75, 3.05) is 0 Å². The normalized spacial score (nSPS) is 14.9. The molecule has 1 heterocycles. The summed E-state index contributed by atoms with van der Waals surface area (Å²) in [5.74, 6) is 1.80. The number of rotatable bonds is 3. The lowest BCUT2D eigenvalue weighted by Crippen LogP contribution is -1.99. The van der Waals surface area contributed by atoms with Crippen LogP contribution in [0, 0.1) is 0 Å². The maximum atomic E-state index is 6.14. The minimum Gasteiger partial charge on any atom is -0.233 e. The standard InChI is InChI=1S/C16H17ClN2/c1-10(2)14-9-15(17)19-16(18-14)13-6-4-3-5-12(13)11-7-8-11/h3-6,9-11H,7-8H2,1-2H3. The zero-order chi connectivity index (χ0) is 13.4. The van der Waals surface area contributed by atoms with E-state index in [2.05, 4.69) is 42.0 Å². The van der Waals surface area contributed by atoms with Crippen molar-refractivity contribution in [3.05, 3.63) is 46.7 Å². The number of hydrogen-bond donors (Lipinski definition) is 0. The van der Waals surface area contributed by atoms with Crippen molar-refractivity contribution in [2.24, 2.45) is 0 Å². The first-order valence-electron chi connectivity index (χ1n) is 6.79. The monoisotopic (exact) mass is 272 g/mol. The number of benzene rings is 1. The van der Waals surface area contributed by atoms with E-state index in [1.807, 2.05) is 12.1 Å². The molecule has 1 aliphatic rings. The van der Waals surface area contributed by atoms with Crippen LogP contribution in [0.2, 0.25) is 5.15 Å². The number of nitrogens with zero attached hydrogens (tertiary/aromatic N) is 2. The maximum Gasteiger partial charge on any atom is 0.161 e. The highest BCUT2D eigenvalue weighted by Crippen LogP contribution is 2.43. The average Bonchev–Trinajstić information content (AvgIpc) is 3.22. The van der Waals surface area contributed by atoms with Crippen LogP contribution in [0.1, 0.15) is 49.8 Å². The summed E-state index contributed by atoms with van der Waals surface area (Å²) in [5, 5.41) is 0.527. The van der Waals surface area contributed by atoms with Crippen LogP contribution in [0.5, 0.6) is 0 Å². The van der Waals surface area contributed by atoms with Gasteiger partial charge in [-0.1, -0.05) is 49.7 Å². The zero-order valence-corrected chi connectivity index (χ0v) is 12.0. The van der Waals surface area contributed by atoms with Crippen molar-refractivity contribution in [3.63, 3.8) is 0 Å². The lowest BCUT2D eigenvalue weighted by atomic mass is 10.0. The molecule has 3 rings (SSSR count). The van der Waals surface area contributed by atoms with E-state index in [-0.39, 0.29) is 0 Å². The molecule has 0 spiro atoms. The molecular weight excluding hydrogens is 256 g/mol.